The van der Waals surface area contributed by atoms with Crippen molar-refractivity contribution in [2.24, 2.45) is 11.3 Å². The smallest absolute Gasteiger partial charge is 0.226 e. The zero-order valence-electron chi connectivity index (χ0n) is 12.1. The molecule has 0 bridgehead atoms. The normalized spacial score (nSPS) is 18.1. The number of carbonyl (C=O) groups is 1. The van der Waals surface area contributed by atoms with Crippen molar-refractivity contribution in [3.05, 3.63) is 29.8 Å². The summed E-state index contributed by atoms with van der Waals surface area (Å²) in [7, 11) is 0. The zero-order valence-corrected chi connectivity index (χ0v) is 12.9. The van der Waals surface area contributed by atoms with Crippen LogP contribution in [0.3, 0.4) is 0 Å². The lowest BCUT2D eigenvalue weighted by molar-refractivity contribution is -0.126. The fourth-order valence-corrected chi connectivity index (χ4v) is 2.82. The van der Waals surface area contributed by atoms with Gasteiger partial charge in [-0.3, -0.25) is 4.79 Å². The first kappa shape index (κ1) is 15.2. The minimum absolute atomic E-state index is 0.0326. The van der Waals surface area contributed by atoms with Crippen LogP contribution < -0.4 is 10.1 Å². The highest BCUT2D eigenvalue weighted by molar-refractivity contribution is 6.17. The average molecular weight is 296 g/mol. The van der Waals surface area contributed by atoms with Gasteiger partial charge in [0.05, 0.1) is 5.92 Å². The second-order valence-electron chi connectivity index (χ2n) is 6.14. The van der Waals surface area contributed by atoms with Crippen molar-refractivity contribution in [3.8, 4) is 5.75 Å². The van der Waals surface area contributed by atoms with Crippen LogP contribution in [0.4, 0.5) is 0 Å². The third kappa shape index (κ3) is 3.89. The Morgan fingerprint density at radius 1 is 1.45 bits per heavy atom. The summed E-state index contributed by atoms with van der Waals surface area (Å²) in [6.07, 6.45) is 1.64. The highest BCUT2D eigenvalue weighted by atomic mass is 35.5. The van der Waals surface area contributed by atoms with Crippen LogP contribution in [0.2, 0.25) is 0 Å². The fraction of sp³-hybridized carbons (Fsp3) is 0.562. The quantitative estimate of drug-likeness (QED) is 0.848. The Morgan fingerprint density at radius 2 is 2.20 bits per heavy atom. The van der Waals surface area contributed by atoms with Gasteiger partial charge in [0.15, 0.2) is 0 Å². The van der Waals surface area contributed by atoms with E-state index in [1.807, 2.05) is 24.3 Å². The molecule has 1 heterocycles. The van der Waals surface area contributed by atoms with Gasteiger partial charge in [-0.1, -0.05) is 32.0 Å². The Balaban J connectivity index is 1.89. The molecule has 2 rings (SSSR count). The number of amides is 1. The molecule has 0 saturated heterocycles. The van der Waals surface area contributed by atoms with Gasteiger partial charge in [0.25, 0.3) is 0 Å². The number of fused-ring (bicyclic) bond motifs is 1. The van der Waals surface area contributed by atoms with Crippen LogP contribution in [-0.4, -0.2) is 24.9 Å². The maximum Gasteiger partial charge on any atom is 0.226 e. The van der Waals surface area contributed by atoms with Crippen molar-refractivity contribution in [2.45, 2.75) is 26.7 Å². The van der Waals surface area contributed by atoms with Gasteiger partial charge in [-0.2, -0.15) is 0 Å². The van der Waals surface area contributed by atoms with Crippen molar-refractivity contribution >= 4 is 17.5 Å². The summed E-state index contributed by atoms with van der Waals surface area (Å²) < 4.78 is 5.65. The van der Waals surface area contributed by atoms with Crippen molar-refractivity contribution in [2.75, 3.05) is 19.0 Å². The summed E-state index contributed by atoms with van der Waals surface area (Å²) in [6, 6.07) is 7.90. The Kier molecular flexibility index (Phi) is 4.92. The number of para-hydroxylation sites is 1. The van der Waals surface area contributed by atoms with E-state index in [9.17, 15) is 4.79 Å². The largest absolute Gasteiger partial charge is 0.492 e. The summed E-state index contributed by atoms with van der Waals surface area (Å²) in [5.74, 6) is 1.49. The number of halogens is 1. The molecule has 1 unspecified atom stereocenters. The molecular weight excluding hydrogens is 274 g/mol. The van der Waals surface area contributed by atoms with Gasteiger partial charge in [0.2, 0.25) is 5.91 Å². The molecule has 4 heteroatoms. The minimum Gasteiger partial charge on any atom is -0.492 e. The molecule has 0 fully saturated rings. The Hall–Kier alpha value is -1.22. The van der Waals surface area contributed by atoms with E-state index >= 15 is 0 Å². The first-order valence-electron chi connectivity index (χ1n) is 7.06. The molecule has 0 radical (unpaired) electrons. The van der Waals surface area contributed by atoms with Crippen molar-refractivity contribution < 1.29 is 9.53 Å². The van der Waals surface area contributed by atoms with Crippen LogP contribution in [0.15, 0.2) is 24.3 Å². The summed E-state index contributed by atoms with van der Waals surface area (Å²) in [4.78, 5) is 12.2. The van der Waals surface area contributed by atoms with Gasteiger partial charge in [0, 0.05) is 12.4 Å². The van der Waals surface area contributed by atoms with E-state index in [1.54, 1.807) is 0 Å². The molecule has 1 N–H and O–H groups in total. The lowest BCUT2D eigenvalue weighted by Gasteiger charge is -2.28. The van der Waals surface area contributed by atoms with Gasteiger partial charge < -0.3 is 10.1 Å². The maximum atomic E-state index is 12.2. The number of hydrogen-bond donors (Lipinski definition) is 1. The molecule has 1 amide bonds. The number of hydrogen-bond acceptors (Lipinski definition) is 2. The van der Waals surface area contributed by atoms with E-state index in [-0.39, 0.29) is 17.2 Å². The van der Waals surface area contributed by atoms with E-state index < -0.39 is 0 Å². The highest BCUT2D eigenvalue weighted by Crippen LogP contribution is 2.27. The van der Waals surface area contributed by atoms with Crippen molar-refractivity contribution in [1.29, 1.82) is 0 Å². The molecule has 20 heavy (non-hydrogen) atoms. The number of nitrogens with one attached hydrogen (secondary N) is 1. The molecule has 110 valence electrons. The van der Waals surface area contributed by atoms with Gasteiger partial charge in [-0.25, -0.2) is 0 Å². The van der Waals surface area contributed by atoms with Gasteiger partial charge in [-0.15, -0.1) is 11.6 Å². The Morgan fingerprint density at radius 3 is 2.95 bits per heavy atom. The van der Waals surface area contributed by atoms with Crippen LogP contribution in [0, 0.1) is 11.3 Å². The molecule has 1 aromatic carbocycles. The van der Waals surface area contributed by atoms with Crippen LogP contribution in [-0.2, 0) is 11.2 Å². The summed E-state index contributed by atoms with van der Waals surface area (Å²) in [6.45, 7) is 5.33. The molecule has 3 nitrogen and oxygen atoms in total. The molecule has 0 aromatic heterocycles. The van der Waals surface area contributed by atoms with E-state index in [4.69, 9.17) is 16.3 Å². The fourth-order valence-electron chi connectivity index (χ4n) is 2.31. The number of ether oxygens (including phenoxy) is 1. The molecule has 1 aliphatic heterocycles. The highest BCUT2D eigenvalue weighted by Gasteiger charge is 2.27. The first-order valence-corrected chi connectivity index (χ1v) is 7.60. The maximum absolute atomic E-state index is 12.2. The number of carbonyl (C=O) groups excluding carboxylic acids is 1. The summed E-state index contributed by atoms with van der Waals surface area (Å²) in [5.41, 5.74) is 1.14. The van der Waals surface area contributed by atoms with Crippen molar-refractivity contribution in [3.63, 3.8) is 0 Å². The third-order valence-electron chi connectivity index (χ3n) is 3.76. The molecule has 1 atom stereocenters. The predicted molar refractivity (Wildman–Crippen MR) is 81.3 cm³/mol. The predicted octanol–water partition coefficient (Wildman–Crippen LogP) is 3.01. The molecule has 0 aliphatic carbocycles. The van der Waals surface area contributed by atoms with Gasteiger partial charge >= 0.3 is 0 Å². The van der Waals surface area contributed by atoms with Crippen LogP contribution in [0.1, 0.15) is 25.8 Å². The summed E-state index contributed by atoms with van der Waals surface area (Å²) >= 11 is 5.77. The molecule has 0 saturated carbocycles. The standard InChI is InChI=1S/C16H22ClNO2/c1-16(2,7-8-17)11-18-15(19)13-9-12-5-3-4-6-14(12)20-10-13/h3-6,13H,7-11H2,1-2H3,(H,18,19). The van der Waals surface area contributed by atoms with Crippen LogP contribution >= 0.6 is 11.6 Å². The van der Waals surface area contributed by atoms with Gasteiger partial charge in [0.1, 0.15) is 12.4 Å². The minimum atomic E-state index is -0.100. The van der Waals surface area contributed by atoms with E-state index in [2.05, 4.69) is 19.2 Å². The Labute approximate surface area is 125 Å². The summed E-state index contributed by atoms with van der Waals surface area (Å²) in [5, 5.41) is 3.03. The Bertz CT molecular complexity index is 473. The SMILES string of the molecule is CC(C)(CCCl)CNC(=O)C1COc2ccccc2C1. The van der Waals surface area contributed by atoms with Crippen molar-refractivity contribution in [1.82, 2.24) is 5.32 Å². The van der Waals surface area contributed by atoms with Gasteiger partial charge in [-0.05, 0) is 29.9 Å². The average Bonchev–Trinajstić information content (AvgIpc) is 2.44. The number of rotatable bonds is 5. The number of benzene rings is 1. The number of alkyl halides is 1. The van der Waals surface area contributed by atoms with E-state index in [1.165, 1.54) is 0 Å². The monoisotopic (exact) mass is 295 g/mol. The molecule has 0 spiro atoms. The topological polar surface area (TPSA) is 38.3 Å². The van der Waals surface area contributed by atoms with Crippen LogP contribution in [0.25, 0.3) is 0 Å². The first-order chi connectivity index (χ1) is 9.52. The zero-order chi connectivity index (χ0) is 14.6. The third-order valence-corrected chi connectivity index (χ3v) is 3.95. The van der Waals surface area contributed by atoms with E-state index in [0.29, 0.717) is 19.0 Å². The molecular formula is C16H22ClNO2. The van der Waals surface area contributed by atoms with E-state index in [0.717, 1.165) is 24.2 Å². The van der Waals surface area contributed by atoms with Crippen LogP contribution in [0.5, 0.6) is 5.75 Å². The molecule has 1 aromatic rings. The lowest BCUT2D eigenvalue weighted by Crippen LogP contribution is -2.41. The molecule has 1 aliphatic rings. The second kappa shape index (κ2) is 6.49. The second-order valence-corrected chi connectivity index (χ2v) is 6.52. The lowest BCUT2D eigenvalue weighted by atomic mass is 9.89.